The van der Waals surface area contributed by atoms with Gasteiger partial charge in [-0.1, -0.05) is 36.4 Å². The maximum atomic E-state index is 12.2. The Hall–Kier alpha value is -2.82. The molecule has 0 bridgehead atoms. The minimum absolute atomic E-state index is 0.0222. The summed E-state index contributed by atoms with van der Waals surface area (Å²) in [5, 5.41) is 0. The first-order valence-corrected chi connectivity index (χ1v) is 7.99. The Morgan fingerprint density at radius 3 is 2.28 bits per heavy atom. The number of esters is 1. The van der Waals surface area contributed by atoms with Crippen molar-refractivity contribution in [3.8, 4) is 5.75 Å². The Bertz CT molecular complexity index is 741. The van der Waals surface area contributed by atoms with Gasteiger partial charge in [-0.3, -0.25) is 4.79 Å². The van der Waals surface area contributed by atoms with Gasteiger partial charge in [0.25, 0.3) is 0 Å². The van der Waals surface area contributed by atoms with Gasteiger partial charge in [0, 0.05) is 43.8 Å². The van der Waals surface area contributed by atoms with Gasteiger partial charge in [-0.2, -0.15) is 0 Å². The van der Waals surface area contributed by atoms with E-state index in [-0.39, 0.29) is 12.3 Å². The summed E-state index contributed by atoms with van der Waals surface area (Å²) in [5.74, 6) is -1.00. The highest BCUT2D eigenvalue weighted by molar-refractivity contribution is 6.33. The van der Waals surface area contributed by atoms with Gasteiger partial charge in [0.05, 0.1) is 14.2 Å². The number of hydrogen-bond acceptors (Lipinski definition) is 5. The molecule has 0 aliphatic heterocycles. The van der Waals surface area contributed by atoms with Crippen LogP contribution in [0, 0.1) is 0 Å². The third-order valence-electron chi connectivity index (χ3n) is 4.11. The highest BCUT2D eigenvalue weighted by Crippen LogP contribution is 2.36. The summed E-state index contributed by atoms with van der Waals surface area (Å²) in [6.45, 7) is 0. The molecule has 0 amide bonds. The number of ether oxygens (including phenoxy) is 2. The Balaban J connectivity index is 2.48. The number of benzene rings is 2. The normalized spacial score (nSPS) is 11.5. The second-order valence-corrected chi connectivity index (χ2v) is 5.90. The van der Waals surface area contributed by atoms with Gasteiger partial charge in [-0.15, -0.1) is 0 Å². The van der Waals surface area contributed by atoms with Crippen molar-refractivity contribution in [2.45, 2.75) is 12.3 Å². The molecular formula is C20H23NO4. The predicted molar refractivity (Wildman–Crippen MR) is 97.2 cm³/mol. The molecule has 0 aliphatic rings. The third-order valence-corrected chi connectivity index (χ3v) is 4.11. The van der Waals surface area contributed by atoms with Gasteiger partial charge in [-0.25, -0.2) is 4.79 Å². The van der Waals surface area contributed by atoms with Crippen LogP contribution < -0.4 is 9.64 Å². The maximum Gasteiger partial charge on any atom is 0.374 e. The maximum absolute atomic E-state index is 12.2. The zero-order valence-electron chi connectivity index (χ0n) is 15.0. The van der Waals surface area contributed by atoms with E-state index in [9.17, 15) is 9.59 Å². The second-order valence-electron chi connectivity index (χ2n) is 5.90. The lowest BCUT2D eigenvalue weighted by Gasteiger charge is -2.22. The molecule has 0 saturated heterocycles. The summed E-state index contributed by atoms with van der Waals surface area (Å²) in [6.07, 6.45) is 0.0222. The Labute approximate surface area is 148 Å². The van der Waals surface area contributed by atoms with E-state index in [2.05, 4.69) is 4.74 Å². The van der Waals surface area contributed by atoms with Crippen molar-refractivity contribution in [1.82, 2.24) is 0 Å². The van der Waals surface area contributed by atoms with E-state index in [1.54, 1.807) is 7.11 Å². The van der Waals surface area contributed by atoms with E-state index in [4.69, 9.17) is 4.74 Å². The number of methoxy groups -OCH3 is 2. The SMILES string of the molecule is COC(=O)C(=O)C[C@H](c1ccccc1)c1ccc(N(C)C)cc1OC. The van der Waals surface area contributed by atoms with Gasteiger partial charge >= 0.3 is 5.97 Å². The first kappa shape index (κ1) is 18.5. The smallest absolute Gasteiger partial charge is 0.374 e. The lowest BCUT2D eigenvalue weighted by Crippen LogP contribution is -2.19. The molecule has 132 valence electrons. The fourth-order valence-electron chi connectivity index (χ4n) is 2.74. The van der Waals surface area contributed by atoms with Crippen molar-refractivity contribution in [3.63, 3.8) is 0 Å². The van der Waals surface area contributed by atoms with Gasteiger partial charge in [0.15, 0.2) is 0 Å². The summed E-state index contributed by atoms with van der Waals surface area (Å²) >= 11 is 0. The molecule has 2 aromatic rings. The van der Waals surface area contributed by atoms with Gasteiger partial charge in [0.1, 0.15) is 5.75 Å². The number of nitrogens with zero attached hydrogens (tertiary/aromatic N) is 1. The van der Waals surface area contributed by atoms with Gasteiger partial charge in [-0.05, 0) is 11.6 Å². The molecule has 0 aliphatic carbocycles. The number of ketones is 1. The highest BCUT2D eigenvalue weighted by Gasteiger charge is 2.25. The molecule has 0 N–H and O–H groups in total. The molecule has 0 saturated carbocycles. The summed E-state index contributed by atoms with van der Waals surface area (Å²) in [5.41, 5.74) is 2.79. The molecule has 5 nitrogen and oxygen atoms in total. The Morgan fingerprint density at radius 2 is 1.72 bits per heavy atom. The monoisotopic (exact) mass is 341 g/mol. The van der Waals surface area contributed by atoms with E-state index in [1.807, 2.05) is 67.5 Å². The molecule has 1 atom stereocenters. The Kier molecular flexibility index (Phi) is 6.17. The number of carbonyl (C=O) groups is 2. The van der Waals surface area contributed by atoms with Crippen LogP contribution >= 0.6 is 0 Å². The molecular weight excluding hydrogens is 318 g/mol. The first-order chi connectivity index (χ1) is 12.0. The van der Waals surface area contributed by atoms with E-state index >= 15 is 0 Å². The number of rotatable bonds is 7. The van der Waals surface area contributed by atoms with Crippen LogP contribution in [0.4, 0.5) is 5.69 Å². The van der Waals surface area contributed by atoms with Crippen LogP contribution in [0.3, 0.4) is 0 Å². The standard InChI is InChI=1S/C20H23NO4/c1-21(2)15-10-11-16(19(12-15)24-3)17(13-18(22)20(23)25-4)14-8-6-5-7-9-14/h5-12,17H,13H2,1-4H3/t17-/m1/s1. The fraction of sp³-hybridized carbons (Fsp3) is 0.300. The Morgan fingerprint density at radius 1 is 1.04 bits per heavy atom. The van der Waals surface area contributed by atoms with Crippen LogP contribution in [-0.4, -0.2) is 40.1 Å². The lowest BCUT2D eigenvalue weighted by molar-refractivity contribution is -0.151. The summed E-state index contributed by atoms with van der Waals surface area (Å²) < 4.78 is 10.1. The van der Waals surface area contributed by atoms with Crippen LogP contribution in [0.15, 0.2) is 48.5 Å². The van der Waals surface area contributed by atoms with Crippen molar-refractivity contribution in [2.24, 2.45) is 0 Å². The molecule has 0 heterocycles. The zero-order chi connectivity index (χ0) is 18.4. The van der Waals surface area contributed by atoms with Crippen LogP contribution in [0.1, 0.15) is 23.5 Å². The van der Waals surface area contributed by atoms with Gasteiger partial charge in [0.2, 0.25) is 5.78 Å². The van der Waals surface area contributed by atoms with E-state index < -0.39 is 11.8 Å². The molecule has 25 heavy (non-hydrogen) atoms. The number of anilines is 1. The molecule has 2 rings (SSSR count). The van der Waals surface area contributed by atoms with E-state index in [0.717, 1.165) is 16.8 Å². The molecule has 0 unspecified atom stereocenters. The quantitative estimate of drug-likeness (QED) is 0.572. The molecule has 0 radical (unpaired) electrons. The summed E-state index contributed by atoms with van der Waals surface area (Å²) in [4.78, 5) is 25.8. The third kappa shape index (κ3) is 4.38. The van der Waals surface area contributed by atoms with Crippen LogP contribution in [-0.2, 0) is 14.3 Å². The molecule has 0 fully saturated rings. The van der Waals surface area contributed by atoms with Crippen molar-refractivity contribution >= 4 is 17.4 Å². The number of carbonyl (C=O) groups excluding carboxylic acids is 2. The average Bonchev–Trinajstić information content (AvgIpc) is 2.65. The van der Waals surface area contributed by atoms with Crippen LogP contribution in [0.2, 0.25) is 0 Å². The van der Waals surface area contributed by atoms with Crippen molar-refractivity contribution < 1.29 is 19.1 Å². The number of Topliss-reactive ketones (excluding diaryl/α,β-unsaturated/α-hetero) is 1. The topological polar surface area (TPSA) is 55.8 Å². The van der Waals surface area contributed by atoms with Crippen LogP contribution in [0.5, 0.6) is 5.75 Å². The minimum Gasteiger partial charge on any atom is -0.496 e. The van der Waals surface area contributed by atoms with Crippen molar-refractivity contribution in [1.29, 1.82) is 0 Å². The largest absolute Gasteiger partial charge is 0.496 e. The predicted octanol–water partition coefficient (Wildman–Crippen LogP) is 3.03. The minimum atomic E-state index is -0.829. The van der Waals surface area contributed by atoms with Crippen molar-refractivity contribution in [3.05, 3.63) is 59.7 Å². The summed E-state index contributed by atoms with van der Waals surface area (Å²) in [7, 11) is 6.71. The highest BCUT2D eigenvalue weighted by atomic mass is 16.5. The summed E-state index contributed by atoms with van der Waals surface area (Å²) in [6, 6.07) is 15.4. The van der Waals surface area contributed by atoms with Gasteiger partial charge < -0.3 is 14.4 Å². The van der Waals surface area contributed by atoms with Crippen molar-refractivity contribution in [2.75, 3.05) is 33.2 Å². The fourth-order valence-corrected chi connectivity index (χ4v) is 2.74. The van der Waals surface area contributed by atoms with E-state index in [1.165, 1.54) is 7.11 Å². The lowest BCUT2D eigenvalue weighted by atomic mass is 9.86. The molecule has 2 aromatic carbocycles. The average molecular weight is 341 g/mol. The van der Waals surface area contributed by atoms with E-state index in [0.29, 0.717) is 5.75 Å². The van der Waals surface area contributed by atoms with Crippen LogP contribution in [0.25, 0.3) is 0 Å². The second kappa shape index (κ2) is 8.33. The molecule has 0 spiro atoms. The molecule has 5 heteroatoms. The molecule has 0 aromatic heterocycles. The zero-order valence-corrected chi connectivity index (χ0v) is 15.0. The number of hydrogen-bond donors (Lipinski definition) is 0. The first-order valence-electron chi connectivity index (χ1n) is 7.99.